The average molecular weight is 308 g/mol. The van der Waals surface area contributed by atoms with E-state index >= 15 is 0 Å². The Hall–Kier alpha value is -0.340. The van der Waals surface area contributed by atoms with E-state index in [4.69, 9.17) is 0 Å². The number of rotatable bonds is 5. The first-order valence-electron chi connectivity index (χ1n) is 7.16. The van der Waals surface area contributed by atoms with E-state index < -0.39 is 0 Å². The smallest absolute Gasteiger partial charge is 0.0175 e. The van der Waals surface area contributed by atoms with Crippen molar-refractivity contribution in [2.75, 3.05) is 13.1 Å². The molecule has 3 rings (SSSR count). The van der Waals surface area contributed by atoms with Crippen LogP contribution in [0.3, 0.4) is 0 Å². The molecule has 2 aliphatic carbocycles. The van der Waals surface area contributed by atoms with Crippen LogP contribution in [-0.2, 0) is 6.42 Å². The summed E-state index contributed by atoms with van der Waals surface area (Å²) in [5.74, 6) is 2.11. The zero-order valence-corrected chi connectivity index (χ0v) is 12.7. The maximum atomic E-state index is 3.59. The first-order chi connectivity index (χ1) is 8.71. The van der Waals surface area contributed by atoms with E-state index in [0.29, 0.717) is 5.41 Å². The fourth-order valence-corrected chi connectivity index (χ4v) is 4.05. The number of nitrogens with one attached hydrogen (secondary N) is 1. The van der Waals surface area contributed by atoms with E-state index in [1.807, 2.05) is 0 Å². The lowest BCUT2D eigenvalue weighted by Crippen LogP contribution is -2.35. The summed E-state index contributed by atoms with van der Waals surface area (Å²) < 4.78 is 1.18. The number of hydrogen-bond donors (Lipinski definition) is 1. The zero-order chi connectivity index (χ0) is 12.6. The quantitative estimate of drug-likeness (QED) is 0.866. The molecule has 1 nitrogen and oxygen atoms in total. The van der Waals surface area contributed by atoms with Crippen LogP contribution in [0.25, 0.3) is 0 Å². The largest absolute Gasteiger partial charge is 0.316 e. The molecule has 1 aromatic carbocycles. The summed E-state index contributed by atoms with van der Waals surface area (Å²) in [4.78, 5) is 0. The molecule has 18 heavy (non-hydrogen) atoms. The summed E-state index contributed by atoms with van der Waals surface area (Å²) in [6.45, 7) is 4.51. The van der Waals surface area contributed by atoms with Gasteiger partial charge in [-0.25, -0.2) is 0 Å². The van der Waals surface area contributed by atoms with Crippen LogP contribution < -0.4 is 5.32 Å². The average Bonchev–Trinajstić information content (AvgIpc) is 2.98. The lowest BCUT2D eigenvalue weighted by molar-refractivity contribution is 0.250. The Balaban J connectivity index is 1.71. The van der Waals surface area contributed by atoms with Crippen molar-refractivity contribution in [2.45, 2.75) is 32.6 Å². The van der Waals surface area contributed by atoms with Gasteiger partial charge in [0.1, 0.15) is 0 Å². The molecule has 0 spiro atoms. The number of fused-ring (bicyclic) bond motifs is 1. The third-order valence-electron chi connectivity index (χ3n) is 4.70. The number of halogens is 1. The summed E-state index contributed by atoms with van der Waals surface area (Å²) >= 11 is 3.52. The molecule has 2 atom stereocenters. The lowest BCUT2D eigenvalue weighted by Gasteiger charge is -2.31. The van der Waals surface area contributed by atoms with Crippen molar-refractivity contribution in [1.29, 1.82) is 0 Å². The summed E-state index contributed by atoms with van der Waals surface area (Å²) in [6.07, 6.45) is 5.65. The second kappa shape index (κ2) is 4.97. The van der Waals surface area contributed by atoms with Gasteiger partial charge in [0.15, 0.2) is 0 Å². The predicted molar refractivity (Wildman–Crippen MR) is 79.7 cm³/mol. The van der Waals surface area contributed by atoms with Crippen molar-refractivity contribution in [1.82, 2.24) is 5.32 Å². The highest BCUT2D eigenvalue weighted by Crippen LogP contribution is 2.60. The fourth-order valence-electron chi connectivity index (χ4n) is 3.78. The molecule has 1 aromatic rings. The highest BCUT2D eigenvalue weighted by molar-refractivity contribution is 9.10. The monoisotopic (exact) mass is 307 g/mol. The molecule has 2 heteroatoms. The topological polar surface area (TPSA) is 12.0 Å². The van der Waals surface area contributed by atoms with Crippen molar-refractivity contribution in [2.24, 2.45) is 17.3 Å². The molecule has 98 valence electrons. The van der Waals surface area contributed by atoms with Gasteiger partial charge in [-0.3, -0.25) is 0 Å². The molecule has 0 aliphatic heterocycles. The van der Waals surface area contributed by atoms with E-state index in [1.54, 1.807) is 0 Å². The van der Waals surface area contributed by atoms with Crippen LogP contribution in [0.2, 0.25) is 0 Å². The highest BCUT2D eigenvalue weighted by Gasteiger charge is 2.53. The maximum absolute atomic E-state index is 3.59. The fraction of sp³-hybridized carbons (Fsp3) is 0.625. The van der Waals surface area contributed by atoms with Gasteiger partial charge in [0.05, 0.1) is 0 Å². The molecule has 2 aliphatic rings. The van der Waals surface area contributed by atoms with Gasteiger partial charge >= 0.3 is 0 Å². The van der Waals surface area contributed by atoms with Crippen LogP contribution in [0.4, 0.5) is 0 Å². The molecule has 2 unspecified atom stereocenters. The van der Waals surface area contributed by atoms with Crippen molar-refractivity contribution in [3.8, 4) is 0 Å². The number of benzene rings is 1. The minimum atomic E-state index is 0.539. The van der Waals surface area contributed by atoms with Crippen molar-refractivity contribution >= 4 is 15.9 Å². The Labute approximate surface area is 118 Å². The van der Waals surface area contributed by atoms with E-state index in [2.05, 4.69) is 52.4 Å². The predicted octanol–water partition coefficient (Wildman–Crippen LogP) is 4.02. The molecular weight excluding hydrogens is 286 g/mol. The third kappa shape index (κ3) is 2.65. The van der Waals surface area contributed by atoms with Crippen molar-refractivity contribution in [3.05, 3.63) is 34.3 Å². The molecule has 2 fully saturated rings. The van der Waals surface area contributed by atoms with E-state index in [0.717, 1.165) is 18.4 Å². The zero-order valence-electron chi connectivity index (χ0n) is 11.1. The van der Waals surface area contributed by atoms with Gasteiger partial charge in [0.2, 0.25) is 0 Å². The van der Waals surface area contributed by atoms with Crippen molar-refractivity contribution in [3.63, 3.8) is 0 Å². The van der Waals surface area contributed by atoms with Crippen LogP contribution in [0.1, 0.15) is 31.7 Å². The van der Waals surface area contributed by atoms with Gasteiger partial charge < -0.3 is 5.32 Å². The minimum Gasteiger partial charge on any atom is -0.316 e. The summed E-state index contributed by atoms with van der Waals surface area (Å²) in [5.41, 5.74) is 2.04. The molecular formula is C16H22BrN. The normalized spacial score (nSPS) is 33.4. The lowest BCUT2D eigenvalue weighted by atomic mass is 9.77. The highest BCUT2D eigenvalue weighted by atomic mass is 79.9. The molecule has 1 N–H and O–H groups in total. The summed E-state index contributed by atoms with van der Waals surface area (Å²) in [7, 11) is 0. The first-order valence-corrected chi connectivity index (χ1v) is 7.95. The van der Waals surface area contributed by atoms with E-state index in [-0.39, 0.29) is 0 Å². The van der Waals surface area contributed by atoms with Crippen molar-refractivity contribution < 1.29 is 0 Å². The number of hydrogen-bond acceptors (Lipinski definition) is 1. The Kier molecular flexibility index (Phi) is 3.50. The van der Waals surface area contributed by atoms with Gasteiger partial charge in [0, 0.05) is 11.0 Å². The van der Waals surface area contributed by atoms with Crippen LogP contribution in [0.15, 0.2) is 28.7 Å². The second-order valence-corrected chi connectivity index (χ2v) is 7.16. The van der Waals surface area contributed by atoms with Crippen LogP contribution in [0.5, 0.6) is 0 Å². The summed E-state index contributed by atoms with van der Waals surface area (Å²) in [5, 5.41) is 3.59. The Morgan fingerprint density at radius 1 is 1.22 bits per heavy atom. The molecule has 2 saturated carbocycles. The Bertz CT molecular complexity index is 402. The van der Waals surface area contributed by atoms with E-state index in [9.17, 15) is 0 Å². The summed E-state index contributed by atoms with van der Waals surface area (Å²) in [6, 6.07) is 8.90. The van der Waals surface area contributed by atoms with Crippen LogP contribution >= 0.6 is 15.9 Å². The van der Waals surface area contributed by atoms with Gasteiger partial charge in [-0.2, -0.15) is 0 Å². The van der Waals surface area contributed by atoms with Gasteiger partial charge in [0.25, 0.3) is 0 Å². The standard InChI is InChI=1S/C16H22BrN/c1-2-18-11-16(9-13-7-14(13)10-16)8-12-3-5-15(17)6-4-12/h3-6,13-14,18H,2,7-11H2,1H3. The molecule has 0 heterocycles. The maximum Gasteiger partial charge on any atom is 0.0175 e. The molecule has 0 amide bonds. The third-order valence-corrected chi connectivity index (χ3v) is 5.23. The molecule has 0 bridgehead atoms. The van der Waals surface area contributed by atoms with Gasteiger partial charge in [-0.15, -0.1) is 0 Å². The van der Waals surface area contributed by atoms with Gasteiger partial charge in [-0.1, -0.05) is 35.0 Å². The Morgan fingerprint density at radius 3 is 2.50 bits per heavy atom. The second-order valence-electron chi connectivity index (χ2n) is 6.25. The van der Waals surface area contributed by atoms with Crippen LogP contribution in [0, 0.1) is 17.3 Å². The first kappa shape index (κ1) is 12.7. The molecule has 0 radical (unpaired) electrons. The van der Waals surface area contributed by atoms with E-state index in [1.165, 1.54) is 42.3 Å². The molecule has 0 saturated heterocycles. The SMILES string of the molecule is CCNCC1(Cc2ccc(Br)cc2)CC2CC2C1. The molecule has 0 aromatic heterocycles. The Morgan fingerprint density at radius 2 is 1.89 bits per heavy atom. The van der Waals surface area contributed by atoms with Crippen LogP contribution in [-0.4, -0.2) is 13.1 Å². The minimum absolute atomic E-state index is 0.539. The van der Waals surface area contributed by atoms with Gasteiger partial charge in [-0.05, 0) is 67.2 Å².